The van der Waals surface area contributed by atoms with Gasteiger partial charge in [0.2, 0.25) is 0 Å². The molecular formula is C6H13NS2. The van der Waals surface area contributed by atoms with Gasteiger partial charge in [0.05, 0.1) is 5.37 Å². The molecule has 0 spiro atoms. The van der Waals surface area contributed by atoms with Crippen molar-refractivity contribution in [2.45, 2.75) is 31.1 Å². The Morgan fingerprint density at radius 2 is 2.00 bits per heavy atom. The number of nitrogens with zero attached hydrogens (tertiary/aromatic N) is 1. The Kier molecular flexibility index (Phi) is 3.22. The Hall–Kier alpha value is 0.660. The van der Waals surface area contributed by atoms with E-state index in [1.165, 1.54) is 25.7 Å². The summed E-state index contributed by atoms with van der Waals surface area (Å²) in [6.07, 6.45) is 5.12. The lowest BCUT2D eigenvalue weighted by molar-refractivity contribution is 0.464. The molecule has 1 unspecified atom stereocenters. The van der Waals surface area contributed by atoms with E-state index in [0.717, 1.165) is 6.54 Å². The monoisotopic (exact) mass is 163 g/mol. The molecule has 1 nitrogen and oxygen atoms in total. The first-order chi connectivity index (χ1) is 4.30. The molecule has 1 saturated heterocycles. The molecule has 1 rings (SSSR count). The van der Waals surface area contributed by atoms with E-state index in [0.29, 0.717) is 5.37 Å². The van der Waals surface area contributed by atoms with Crippen molar-refractivity contribution in [1.29, 1.82) is 0 Å². The van der Waals surface area contributed by atoms with Gasteiger partial charge in [0.1, 0.15) is 0 Å². The largest absolute Gasteiger partial charge is 0.241 e. The Morgan fingerprint density at radius 3 is 2.78 bits per heavy atom. The predicted octanol–water partition coefficient (Wildman–Crippen LogP) is 1.96. The van der Waals surface area contributed by atoms with Gasteiger partial charge in [0, 0.05) is 6.54 Å². The van der Waals surface area contributed by atoms with Crippen LogP contribution in [0.4, 0.5) is 0 Å². The van der Waals surface area contributed by atoms with Crippen LogP contribution in [0, 0.1) is 0 Å². The van der Waals surface area contributed by atoms with E-state index in [9.17, 15) is 0 Å². The second-order valence-corrected chi connectivity index (χ2v) is 3.60. The summed E-state index contributed by atoms with van der Waals surface area (Å²) < 4.78 is 2.02. The lowest BCUT2D eigenvalue weighted by atomic mass is 10.2. The second-order valence-electron chi connectivity index (χ2n) is 2.49. The van der Waals surface area contributed by atoms with E-state index >= 15 is 0 Å². The van der Waals surface area contributed by atoms with Crippen molar-refractivity contribution in [2.24, 2.45) is 0 Å². The first-order valence-corrected chi connectivity index (χ1v) is 4.36. The highest BCUT2D eigenvalue weighted by Gasteiger charge is 2.12. The highest BCUT2D eigenvalue weighted by Crippen LogP contribution is 2.19. The zero-order chi connectivity index (χ0) is 6.69. The van der Waals surface area contributed by atoms with Crippen molar-refractivity contribution in [2.75, 3.05) is 6.54 Å². The Bertz CT molecular complexity index is 77.1. The van der Waals surface area contributed by atoms with Crippen LogP contribution in [-0.4, -0.2) is 16.2 Å². The topological polar surface area (TPSA) is 3.24 Å². The van der Waals surface area contributed by atoms with Gasteiger partial charge >= 0.3 is 0 Å². The Labute approximate surface area is 67.8 Å². The van der Waals surface area contributed by atoms with Gasteiger partial charge in [-0.2, -0.15) is 12.6 Å². The van der Waals surface area contributed by atoms with Gasteiger partial charge in [-0.05, 0) is 12.8 Å². The molecule has 3 heteroatoms. The second kappa shape index (κ2) is 3.74. The van der Waals surface area contributed by atoms with Crippen molar-refractivity contribution in [3.05, 3.63) is 0 Å². The van der Waals surface area contributed by atoms with E-state index in [1.54, 1.807) is 0 Å². The van der Waals surface area contributed by atoms with Crippen molar-refractivity contribution in [1.82, 2.24) is 4.31 Å². The van der Waals surface area contributed by atoms with Gasteiger partial charge in [0.25, 0.3) is 0 Å². The average Bonchev–Trinajstić information content (AvgIpc) is 1.99. The van der Waals surface area contributed by atoms with Crippen LogP contribution in [0.25, 0.3) is 0 Å². The minimum atomic E-state index is 0.385. The molecule has 0 aromatic rings. The van der Waals surface area contributed by atoms with E-state index in [2.05, 4.69) is 25.4 Å². The van der Waals surface area contributed by atoms with Crippen LogP contribution in [0.3, 0.4) is 0 Å². The molecule has 0 saturated carbocycles. The molecule has 0 bridgehead atoms. The molecule has 0 aromatic heterocycles. The molecule has 1 fully saturated rings. The standard InChI is InChI=1S/C6H13NS2/c8-6-4-2-1-3-5-7(6)9/h6,8-9H,1-5H2. The molecule has 1 atom stereocenters. The molecule has 1 aliphatic heterocycles. The van der Waals surface area contributed by atoms with E-state index in [-0.39, 0.29) is 0 Å². The maximum absolute atomic E-state index is 4.37. The first kappa shape index (κ1) is 7.76. The van der Waals surface area contributed by atoms with Crippen LogP contribution in [0.15, 0.2) is 0 Å². The molecule has 1 heterocycles. The highest BCUT2D eigenvalue weighted by atomic mass is 32.1. The van der Waals surface area contributed by atoms with Crippen LogP contribution >= 0.6 is 25.4 Å². The summed E-state index contributed by atoms with van der Waals surface area (Å²) in [7, 11) is 0. The zero-order valence-corrected chi connectivity index (χ0v) is 7.24. The fourth-order valence-corrected chi connectivity index (χ4v) is 1.63. The maximum Gasteiger partial charge on any atom is 0.0624 e. The molecular weight excluding hydrogens is 150 g/mol. The van der Waals surface area contributed by atoms with Gasteiger partial charge in [-0.3, -0.25) is 0 Å². The molecule has 0 aromatic carbocycles. The number of hydrogen-bond donors (Lipinski definition) is 2. The smallest absolute Gasteiger partial charge is 0.0624 e. The fraction of sp³-hybridized carbons (Fsp3) is 1.00. The SMILES string of the molecule is SC1CCCCCN1S. The number of rotatable bonds is 0. The van der Waals surface area contributed by atoms with Crippen molar-refractivity contribution >= 4 is 25.4 Å². The van der Waals surface area contributed by atoms with Gasteiger partial charge in [-0.25, -0.2) is 4.31 Å². The predicted molar refractivity (Wildman–Crippen MR) is 46.9 cm³/mol. The van der Waals surface area contributed by atoms with Crippen LogP contribution in [0.1, 0.15) is 25.7 Å². The van der Waals surface area contributed by atoms with Crippen molar-refractivity contribution in [3.8, 4) is 0 Å². The zero-order valence-electron chi connectivity index (χ0n) is 5.45. The van der Waals surface area contributed by atoms with E-state index < -0.39 is 0 Å². The quantitative estimate of drug-likeness (QED) is 0.516. The average molecular weight is 163 g/mol. The lowest BCUT2D eigenvalue weighted by Crippen LogP contribution is -2.20. The summed E-state index contributed by atoms with van der Waals surface area (Å²) in [4.78, 5) is 0. The molecule has 0 amide bonds. The molecule has 0 radical (unpaired) electrons. The summed E-state index contributed by atoms with van der Waals surface area (Å²) in [6.45, 7) is 1.09. The summed E-state index contributed by atoms with van der Waals surface area (Å²) >= 11 is 8.66. The van der Waals surface area contributed by atoms with Gasteiger partial charge < -0.3 is 0 Å². The Morgan fingerprint density at radius 1 is 1.22 bits per heavy atom. The normalized spacial score (nSPS) is 32.0. The van der Waals surface area contributed by atoms with Crippen LogP contribution < -0.4 is 0 Å². The minimum Gasteiger partial charge on any atom is -0.241 e. The first-order valence-electron chi connectivity index (χ1n) is 3.44. The number of thiol groups is 2. The van der Waals surface area contributed by atoms with Gasteiger partial charge in [-0.1, -0.05) is 25.7 Å². The van der Waals surface area contributed by atoms with E-state index in [1.807, 2.05) is 4.31 Å². The van der Waals surface area contributed by atoms with Gasteiger partial charge in [0.15, 0.2) is 0 Å². The summed E-state index contributed by atoms with van der Waals surface area (Å²) in [5.74, 6) is 0. The molecule has 0 aliphatic carbocycles. The summed E-state index contributed by atoms with van der Waals surface area (Å²) in [5.41, 5.74) is 0. The number of hydrogen-bond acceptors (Lipinski definition) is 3. The van der Waals surface area contributed by atoms with Gasteiger partial charge in [-0.15, -0.1) is 0 Å². The van der Waals surface area contributed by atoms with Crippen molar-refractivity contribution < 1.29 is 0 Å². The molecule has 1 aliphatic rings. The van der Waals surface area contributed by atoms with Crippen LogP contribution in [0.2, 0.25) is 0 Å². The van der Waals surface area contributed by atoms with Crippen LogP contribution in [0.5, 0.6) is 0 Å². The third kappa shape index (κ3) is 2.40. The third-order valence-corrected chi connectivity index (χ3v) is 2.89. The minimum absolute atomic E-state index is 0.385. The molecule has 9 heavy (non-hydrogen) atoms. The maximum atomic E-state index is 4.37. The Balaban J connectivity index is 2.32. The summed E-state index contributed by atoms with van der Waals surface area (Å²) in [5, 5.41) is 0.385. The highest BCUT2D eigenvalue weighted by molar-refractivity contribution is 7.83. The van der Waals surface area contributed by atoms with Crippen LogP contribution in [-0.2, 0) is 0 Å². The van der Waals surface area contributed by atoms with E-state index in [4.69, 9.17) is 0 Å². The third-order valence-electron chi connectivity index (χ3n) is 1.69. The lowest BCUT2D eigenvalue weighted by Gasteiger charge is -2.18. The fourth-order valence-electron chi connectivity index (χ4n) is 1.08. The molecule has 54 valence electrons. The van der Waals surface area contributed by atoms with Crippen molar-refractivity contribution in [3.63, 3.8) is 0 Å². The molecule has 0 N–H and O–H groups in total. The summed E-state index contributed by atoms with van der Waals surface area (Å²) in [6, 6.07) is 0.